The van der Waals surface area contributed by atoms with Crippen LogP contribution in [0.3, 0.4) is 0 Å². The van der Waals surface area contributed by atoms with Gasteiger partial charge in [0.1, 0.15) is 24.2 Å². The first-order valence-corrected chi connectivity index (χ1v) is 12.7. The van der Waals surface area contributed by atoms with E-state index in [2.05, 4.69) is 16.0 Å². The molecule has 2 aliphatic rings. The Kier molecular flexibility index (Phi) is 7.74. The lowest BCUT2D eigenvalue weighted by Gasteiger charge is -2.29. The summed E-state index contributed by atoms with van der Waals surface area (Å²) in [5.41, 5.74) is 3.09. The van der Waals surface area contributed by atoms with Crippen molar-refractivity contribution in [2.24, 2.45) is 0 Å². The van der Waals surface area contributed by atoms with Crippen molar-refractivity contribution in [3.05, 3.63) is 94.3 Å². The molecular formula is C29H27FN4O6. The van der Waals surface area contributed by atoms with Crippen LogP contribution in [0, 0.1) is 5.82 Å². The molecule has 0 aromatic heterocycles. The fourth-order valence-electron chi connectivity index (χ4n) is 4.72. The number of nitrogens with one attached hydrogen (secondary N) is 3. The SMILES string of the molecule is O=C1CCC(N2Cc3cc(CNC(=O)Nc4ccc(OCc5ccc(CO)cc5)cc4)cc(F)c3C2=O)C(=O)N1. The summed E-state index contributed by atoms with van der Waals surface area (Å²) >= 11 is 0. The summed E-state index contributed by atoms with van der Waals surface area (Å²) < 4.78 is 20.6. The lowest BCUT2D eigenvalue weighted by Crippen LogP contribution is -2.52. The van der Waals surface area contributed by atoms with Crippen molar-refractivity contribution in [1.29, 1.82) is 0 Å². The minimum Gasteiger partial charge on any atom is -0.489 e. The van der Waals surface area contributed by atoms with Crippen molar-refractivity contribution in [1.82, 2.24) is 15.5 Å². The number of imide groups is 1. The Bertz CT molecular complexity index is 1460. The Balaban J connectivity index is 1.13. The molecule has 5 amide bonds. The van der Waals surface area contributed by atoms with Gasteiger partial charge in [-0.2, -0.15) is 0 Å². The van der Waals surface area contributed by atoms with Gasteiger partial charge in [-0.15, -0.1) is 0 Å². The van der Waals surface area contributed by atoms with Gasteiger partial charge in [0.05, 0.1) is 12.2 Å². The standard InChI is InChI=1S/C29H27FN4O6/c30-23-12-19(11-20-14-34(28(38)26(20)23)24-9-10-25(36)33-27(24)37)13-31-29(39)32-21-5-7-22(8-6-21)40-16-18-3-1-17(15-35)2-4-18/h1-8,11-12,24,35H,9-10,13-16H2,(H2,31,32,39)(H,33,36,37). The van der Waals surface area contributed by atoms with Crippen LogP contribution in [0.4, 0.5) is 14.9 Å². The molecule has 0 bridgehead atoms. The topological polar surface area (TPSA) is 137 Å². The van der Waals surface area contributed by atoms with E-state index in [4.69, 9.17) is 9.84 Å². The molecule has 10 nitrogen and oxygen atoms in total. The molecule has 5 rings (SSSR count). The Morgan fingerprint density at radius 1 is 1.02 bits per heavy atom. The van der Waals surface area contributed by atoms with Gasteiger partial charge in [-0.1, -0.05) is 30.3 Å². The third-order valence-corrected chi connectivity index (χ3v) is 6.81. The van der Waals surface area contributed by atoms with Gasteiger partial charge in [-0.3, -0.25) is 19.7 Å². The summed E-state index contributed by atoms with van der Waals surface area (Å²) in [5.74, 6) is -1.66. The molecule has 3 aromatic carbocycles. The van der Waals surface area contributed by atoms with Crippen LogP contribution in [-0.2, 0) is 35.9 Å². The van der Waals surface area contributed by atoms with Crippen LogP contribution in [-0.4, -0.2) is 39.8 Å². The number of ether oxygens (including phenoxy) is 1. The first kappa shape index (κ1) is 26.8. The number of nitrogens with zero attached hydrogens (tertiary/aromatic N) is 1. The normalized spacial score (nSPS) is 16.4. The van der Waals surface area contributed by atoms with E-state index in [-0.39, 0.29) is 38.1 Å². The minimum absolute atomic E-state index is 0.0128. The van der Waals surface area contributed by atoms with Gasteiger partial charge >= 0.3 is 6.03 Å². The third-order valence-electron chi connectivity index (χ3n) is 6.81. The zero-order valence-electron chi connectivity index (χ0n) is 21.4. The zero-order valence-corrected chi connectivity index (χ0v) is 21.4. The maximum atomic E-state index is 14.9. The van der Waals surface area contributed by atoms with Crippen molar-refractivity contribution in [2.45, 2.75) is 45.2 Å². The van der Waals surface area contributed by atoms with Crippen LogP contribution in [0.1, 0.15) is 45.5 Å². The summed E-state index contributed by atoms with van der Waals surface area (Å²) in [6, 6.07) is 15.7. The average Bonchev–Trinajstić information content (AvgIpc) is 3.28. The van der Waals surface area contributed by atoms with Crippen molar-refractivity contribution < 1.29 is 33.4 Å². The second-order valence-electron chi connectivity index (χ2n) is 9.61. The number of aliphatic hydroxyl groups excluding tert-OH is 1. The van der Waals surface area contributed by atoms with Gasteiger partial charge in [-0.25, -0.2) is 9.18 Å². The number of carbonyl (C=O) groups is 4. The molecule has 1 unspecified atom stereocenters. The van der Waals surface area contributed by atoms with Gasteiger partial charge in [0.2, 0.25) is 11.8 Å². The summed E-state index contributed by atoms with van der Waals surface area (Å²) in [6.07, 6.45) is 0.298. The van der Waals surface area contributed by atoms with Gasteiger partial charge in [-0.05, 0) is 59.0 Å². The number of fused-ring (bicyclic) bond motifs is 1. The number of aliphatic hydroxyl groups is 1. The molecule has 1 saturated heterocycles. The molecule has 206 valence electrons. The van der Waals surface area contributed by atoms with Gasteiger partial charge in [0, 0.05) is 25.2 Å². The van der Waals surface area contributed by atoms with E-state index in [1.54, 1.807) is 30.3 Å². The number of benzene rings is 3. The Morgan fingerprint density at radius 3 is 2.45 bits per heavy atom. The Hall–Kier alpha value is -4.77. The third kappa shape index (κ3) is 5.94. The highest BCUT2D eigenvalue weighted by atomic mass is 19.1. The van der Waals surface area contributed by atoms with Crippen molar-refractivity contribution in [3.63, 3.8) is 0 Å². The van der Waals surface area contributed by atoms with E-state index >= 15 is 0 Å². The quantitative estimate of drug-likeness (QED) is 0.321. The highest BCUT2D eigenvalue weighted by Crippen LogP contribution is 2.30. The second-order valence-corrected chi connectivity index (χ2v) is 9.61. The first-order valence-electron chi connectivity index (χ1n) is 12.7. The summed E-state index contributed by atoms with van der Waals surface area (Å²) in [5, 5.41) is 16.7. The molecule has 1 fully saturated rings. The van der Waals surface area contributed by atoms with Gasteiger partial charge in [0.15, 0.2) is 0 Å². The predicted octanol–water partition coefficient (Wildman–Crippen LogP) is 2.98. The lowest BCUT2D eigenvalue weighted by molar-refractivity contribution is -0.136. The van der Waals surface area contributed by atoms with Crippen LogP contribution in [0.5, 0.6) is 5.75 Å². The number of hydrogen-bond donors (Lipinski definition) is 4. The molecule has 4 N–H and O–H groups in total. The van der Waals surface area contributed by atoms with Crippen molar-refractivity contribution >= 4 is 29.4 Å². The number of anilines is 1. The molecule has 3 aromatic rings. The maximum absolute atomic E-state index is 14.9. The smallest absolute Gasteiger partial charge is 0.319 e. The highest BCUT2D eigenvalue weighted by molar-refractivity contribution is 6.05. The number of halogens is 1. The molecule has 0 saturated carbocycles. The highest BCUT2D eigenvalue weighted by Gasteiger charge is 2.40. The fourth-order valence-corrected chi connectivity index (χ4v) is 4.72. The number of amides is 5. The van der Waals surface area contributed by atoms with Crippen LogP contribution < -0.4 is 20.7 Å². The van der Waals surface area contributed by atoms with Crippen LogP contribution in [0.15, 0.2) is 60.7 Å². The molecule has 1 atom stereocenters. The van der Waals surface area contributed by atoms with E-state index in [0.29, 0.717) is 29.2 Å². The number of rotatable bonds is 8. The van der Waals surface area contributed by atoms with E-state index in [1.807, 2.05) is 24.3 Å². The number of hydrogen-bond acceptors (Lipinski definition) is 6. The molecule has 0 radical (unpaired) electrons. The lowest BCUT2D eigenvalue weighted by atomic mass is 10.0. The van der Waals surface area contributed by atoms with E-state index < -0.39 is 35.6 Å². The van der Waals surface area contributed by atoms with Crippen LogP contribution >= 0.6 is 0 Å². The zero-order chi connectivity index (χ0) is 28.2. The van der Waals surface area contributed by atoms with E-state index in [0.717, 1.165) is 11.1 Å². The number of carbonyl (C=O) groups excluding carboxylic acids is 4. The minimum atomic E-state index is -0.834. The van der Waals surface area contributed by atoms with Crippen LogP contribution in [0.2, 0.25) is 0 Å². The van der Waals surface area contributed by atoms with E-state index in [9.17, 15) is 23.6 Å². The first-order chi connectivity index (χ1) is 19.3. The number of urea groups is 1. The molecule has 2 aliphatic heterocycles. The number of piperidine rings is 1. The molecule has 11 heteroatoms. The molecule has 40 heavy (non-hydrogen) atoms. The molecule has 0 spiro atoms. The second kappa shape index (κ2) is 11.5. The Morgan fingerprint density at radius 2 is 1.75 bits per heavy atom. The van der Waals surface area contributed by atoms with Gasteiger partial charge < -0.3 is 25.4 Å². The summed E-state index contributed by atoms with van der Waals surface area (Å²) in [7, 11) is 0. The summed E-state index contributed by atoms with van der Waals surface area (Å²) in [4.78, 5) is 50.2. The molecule has 2 heterocycles. The molecular weight excluding hydrogens is 519 g/mol. The van der Waals surface area contributed by atoms with Gasteiger partial charge in [0.25, 0.3) is 5.91 Å². The Labute approximate surface area is 229 Å². The largest absolute Gasteiger partial charge is 0.489 e. The fraction of sp³-hybridized carbons (Fsp3) is 0.241. The van der Waals surface area contributed by atoms with Crippen molar-refractivity contribution in [3.8, 4) is 5.75 Å². The molecule has 0 aliphatic carbocycles. The monoisotopic (exact) mass is 546 g/mol. The van der Waals surface area contributed by atoms with Crippen molar-refractivity contribution in [2.75, 3.05) is 5.32 Å². The van der Waals surface area contributed by atoms with Crippen LogP contribution in [0.25, 0.3) is 0 Å². The van der Waals surface area contributed by atoms with E-state index in [1.165, 1.54) is 11.0 Å². The maximum Gasteiger partial charge on any atom is 0.319 e. The average molecular weight is 547 g/mol. The predicted molar refractivity (Wildman–Crippen MR) is 141 cm³/mol. The summed E-state index contributed by atoms with van der Waals surface area (Å²) in [6.45, 7) is 0.394.